The molecule has 0 bridgehead atoms. The van der Waals surface area contributed by atoms with Crippen LogP contribution in [0.5, 0.6) is 0 Å². The molecule has 0 aliphatic carbocycles. The van der Waals surface area contributed by atoms with Crippen molar-refractivity contribution in [3.63, 3.8) is 0 Å². The number of nitrogens with two attached hydrogens (primary N) is 1. The molecule has 0 atom stereocenters. The van der Waals surface area contributed by atoms with Crippen LogP contribution in [0.3, 0.4) is 0 Å². The molecule has 0 aliphatic heterocycles. The van der Waals surface area contributed by atoms with Gasteiger partial charge in [0.05, 0.1) is 0 Å². The Morgan fingerprint density at radius 1 is 0.739 bits per heavy atom. The molecular formula is C22H21N. The summed E-state index contributed by atoms with van der Waals surface area (Å²) in [5.41, 5.74) is 13.2. The van der Waals surface area contributed by atoms with Gasteiger partial charge in [-0.2, -0.15) is 0 Å². The lowest BCUT2D eigenvalue weighted by molar-refractivity contribution is 1.07. The van der Waals surface area contributed by atoms with Crippen LogP contribution in [0.4, 0.5) is 0 Å². The molecule has 23 heavy (non-hydrogen) atoms. The van der Waals surface area contributed by atoms with E-state index < -0.39 is 0 Å². The van der Waals surface area contributed by atoms with Gasteiger partial charge in [-0.15, -0.1) is 0 Å². The van der Waals surface area contributed by atoms with E-state index in [1.165, 1.54) is 16.7 Å². The highest BCUT2D eigenvalue weighted by molar-refractivity contribution is 5.89. The Morgan fingerprint density at radius 3 is 1.96 bits per heavy atom. The van der Waals surface area contributed by atoms with Crippen LogP contribution in [0.1, 0.15) is 24.5 Å². The Balaban J connectivity index is 2.24. The van der Waals surface area contributed by atoms with Gasteiger partial charge in [0.25, 0.3) is 0 Å². The molecule has 3 aromatic carbocycles. The van der Waals surface area contributed by atoms with Crippen molar-refractivity contribution in [1.82, 2.24) is 0 Å². The van der Waals surface area contributed by atoms with Gasteiger partial charge in [-0.3, -0.25) is 0 Å². The first-order valence-electron chi connectivity index (χ1n) is 8.00. The Morgan fingerprint density at radius 2 is 1.30 bits per heavy atom. The number of rotatable bonds is 4. The highest BCUT2D eigenvalue weighted by Crippen LogP contribution is 2.34. The molecular weight excluding hydrogens is 278 g/mol. The molecule has 0 amide bonds. The van der Waals surface area contributed by atoms with Gasteiger partial charge in [0.15, 0.2) is 0 Å². The van der Waals surface area contributed by atoms with E-state index in [0.29, 0.717) is 0 Å². The van der Waals surface area contributed by atoms with Crippen molar-refractivity contribution < 1.29 is 0 Å². The first-order chi connectivity index (χ1) is 11.3. The molecule has 3 aromatic rings. The smallest absolute Gasteiger partial charge is 0.0164 e. The SMILES string of the molecule is CCC(N)=C(c1ccccc1)c1ccccc1-c1ccccc1. The van der Waals surface area contributed by atoms with Gasteiger partial charge in [0.1, 0.15) is 0 Å². The molecule has 0 aromatic heterocycles. The lowest BCUT2D eigenvalue weighted by atomic mass is 9.89. The second kappa shape index (κ2) is 6.97. The topological polar surface area (TPSA) is 26.0 Å². The summed E-state index contributed by atoms with van der Waals surface area (Å²) in [5, 5.41) is 0. The van der Waals surface area contributed by atoms with Gasteiger partial charge in [-0.1, -0.05) is 91.9 Å². The first kappa shape index (κ1) is 15.1. The van der Waals surface area contributed by atoms with Crippen LogP contribution in [-0.2, 0) is 0 Å². The quantitative estimate of drug-likeness (QED) is 0.678. The summed E-state index contributed by atoms with van der Waals surface area (Å²) in [6, 6.07) is 29.3. The minimum absolute atomic E-state index is 0.827. The maximum Gasteiger partial charge on any atom is 0.0164 e. The second-order valence-corrected chi connectivity index (χ2v) is 5.53. The van der Waals surface area contributed by atoms with E-state index in [0.717, 1.165) is 23.3 Å². The zero-order valence-electron chi connectivity index (χ0n) is 13.4. The zero-order chi connectivity index (χ0) is 16.1. The largest absolute Gasteiger partial charge is 0.402 e. The van der Waals surface area contributed by atoms with Crippen molar-refractivity contribution >= 4 is 5.57 Å². The summed E-state index contributed by atoms with van der Waals surface area (Å²) in [5.74, 6) is 0. The standard InChI is InChI=1S/C22H21N/c1-2-21(23)22(18-13-7-4-8-14-18)20-16-10-9-15-19(20)17-11-5-3-6-12-17/h3-16H,2,23H2,1H3. The predicted octanol–water partition coefficient (Wildman–Crippen LogP) is 5.48. The lowest BCUT2D eigenvalue weighted by Gasteiger charge is -2.16. The molecule has 0 fully saturated rings. The monoisotopic (exact) mass is 299 g/mol. The molecule has 2 N–H and O–H groups in total. The number of allylic oxidation sites excluding steroid dienone is 1. The number of hydrogen-bond donors (Lipinski definition) is 1. The van der Waals surface area contributed by atoms with E-state index in [-0.39, 0.29) is 0 Å². The van der Waals surface area contributed by atoms with Crippen molar-refractivity contribution in [2.24, 2.45) is 5.73 Å². The maximum atomic E-state index is 6.41. The van der Waals surface area contributed by atoms with Crippen LogP contribution < -0.4 is 5.73 Å². The van der Waals surface area contributed by atoms with Crippen LogP contribution in [0.15, 0.2) is 90.6 Å². The van der Waals surface area contributed by atoms with E-state index in [9.17, 15) is 0 Å². The van der Waals surface area contributed by atoms with Gasteiger partial charge in [-0.05, 0) is 28.7 Å². The Kier molecular flexibility index (Phi) is 4.58. The molecule has 0 aliphatic rings. The van der Waals surface area contributed by atoms with Crippen LogP contribution in [0.2, 0.25) is 0 Å². The third-order valence-corrected chi connectivity index (χ3v) is 4.05. The van der Waals surface area contributed by atoms with Gasteiger partial charge in [-0.25, -0.2) is 0 Å². The van der Waals surface area contributed by atoms with Gasteiger partial charge in [0.2, 0.25) is 0 Å². The summed E-state index contributed by atoms with van der Waals surface area (Å²) in [6.07, 6.45) is 0.827. The Labute approximate surface area is 138 Å². The fraction of sp³-hybridized carbons (Fsp3) is 0.0909. The molecule has 114 valence electrons. The van der Waals surface area contributed by atoms with Crippen molar-refractivity contribution in [3.8, 4) is 11.1 Å². The first-order valence-corrected chi connectivity index (χ1v) is 8.00. The highest BCUT2D eigenvalue weighted by atomic mass is 14.6. The molecule has 0 saturated carbocycles. The molecule has 0 heterocycles. The molecule has 1 heteroatoms. The van der Waals surface area contributed by atoms with Crippen LogP contribution in [0, 0.1) is 0 Å². The summed E-state index contributed by atoms with van der Waals surface area (Å²) >= 11 is 0. The minimum Gasteiger partial charge on any atom is -0.402 e. The van der Waals surface area contributed by atoms with Crippen LogP contribution in [-0.4, -0.2) is 0 Å². The number of hydrogen-bond acceptors (Lipinski definition) is 1. The molecule has 3 rings (SSSR count). The third-order valence-electron chi connectivity index (χ3n) is 4.05. The Hall–Kier alpha value is -2.80. The zero-order valence-corrected chi connectivity index (χ0v) is 13.4. The van der Waals surface area contributed by atoms with Crippen LogP contribution >= 0.6 is 0 Å². The van der Waals surface area contributed by atoms with Gasteiger partial charge in [0, 0.05) is 11.3 Å². The summed E-state index contributed by atoms with van der Waals surface area (Å²) in [7, 11) is 0. The summed E-state index contributed by atoms with van der Waals surface area (Å²) in [6.45, 7) is 2.10. The van der Waals surface area contributed by atoms with E-state index in [4.69, 9.17) is 5.73 Å². The van der Waals surface area contributed by atoms with Crippen molar-refractivity contribution in [1.29, 1.82) is 0 Å². The Bertz CT molecular complexity index is 802. The predicted molar refractivity (Wildman–Crippen MR) is 98.8 cm³/mol. The van der Waals surface area contributed by atoms with Crippen molar-refractivity contribution in [2.75, 3.05) is 0 Å². The normalized spacial score (nSPS) is 11.9. The highest BCUT2D eigenvalue weighted by Gasteiger charge is 2.13. The minimum atomic E-state index is 0.827. The van der Waals surface area contributed by atoms with Gasteiger partial charge >= 0.3 is 0 Å². The number of benzene rings is 3. The fourth-order valence-electron chi connectivity index (χ4n) is 2.87. The summed E-state index contributed by atoms with van der Waals surface area (Å²) in [4.78, 5) is 0. The molecule has 0 spiro atoms. The molecule has 0 unspecified atom stereocenters. The van der Waals surface area contributed by atoms with E-state index in [1.54, 1.807) is 0 Å². The van der Waals surface area contributed by atoms with E-state index in [2.05, 4.69) is 79.7 Å². The van der Waals surface area contributed by atoms with Gasteiger partial charge < -0.3 is 5.73 Å². The fourth-order valence-corrected chi connectivity index (χ4v) is 2.87. The lowest BCUT2D eigenvalue weighted by Crippen LogP contribution is -2.03. The molecule has 0 saturated heterocycles. The van der Waals surface area contributed by atoms with Crippen molar-refractivity contribution in [2.45, 2.75) is 13.3 Å². The van der Waals surface area contributed by atoms with E-state index in [1.807, 2.05) is 12.1 Å². The van der Waals surface area contributed by atoms with Crippen molar-refractivity contribution in [3.05, 3.63) is 102 Å². The molecule has 0 radical (unpaired) electrons. The average Bonchev–Trinajstić information content (AvgIpc) is 2.64. The second-order valence-electron chi connectivity index (χ2n) is 5.53. The molecule has 1 nitrogen and oxygen atoms in total. The van der Waals surface area contributed by atoms with E-state index >= 15 is 0 Å². The van der Waals surface area contributed by atoms with Crippen LogP contribution in [0.25, 0.3) is 16.7 Å². The third kappa shape index (κ3) is 3.19. The summed E-state index contributed by atoms with van der Waals surface area (Å²) < 4.78 is 0. The maximum absolute atomic E-state index is 6.41. The average molecular weight is 299 g/mol.